The molecule has 11 nitrogen and oxygen atoms in total. The van der Waals surface area contributed by atoms with Crippen molar-refractivity contribution in [2.24, 2.45) is 5.73 Å². The zero-order chi connectivity index (χ0) is 44.5. The third-order valence-corrected chi connectivity index (χ3v) is 11.7. The molecule has 6 N–H and O–H groups in total. The molecule has 4 heterocycles. The summed E-state index contributed by atoms with van der Waals surface area (Å²) >= 11 is 0. The van der Waals surface area contributed by atoms with Crippen LogP contribution in [0.25, 0.3) is 0 Å². The van der Waals surface area contributed by atoms with Crippen molar-refractivity contribution in [2.45, 2.75) is 105 Å². The number of alkyl halides is 4. The molecule has 7 rings (SSSR count). The highest BCUT2D eigenvalue weighted by Crippen LogP contribution is 2.36. The molecule has 0 aromatic heterocycles. The number of methoxy groups -OCH3 is 1. The Kier molecular flexibility index (Phi) is 18.7. The monoisotopic (exact) mass is 833 g/mol. The van der Waals surface area contributed by atoms with Gasteiger partial charge in [-0.3, -0.25) is 9.18 Å². The van der Waals surface area contributed by atoms with E-state index in [0.29, 0.717) is 23.7 Å². The van der Waals surface area contributed by atoms with Gasteiger partial charge in [0.15, 0.2) is 0 Å². The molecule has 4 bridgehead atoms. The first kappa shape index (κ1) is 47.3. The fraction of sp³-hybridized carbons (Fsp3) is 0.523. The molecule has 4 fully saturated rings. The van der Waals surface area contributed by atoms with Gasteiger partial charge in [-0.1, -0.05) is 91.0 Å². The number of carbonyl (C=O) groups is 3. The van der Waals surface area contributed by atoms with Gasteiger partial charge < -0.3 is 40.9 Å². The predicted octanol–water partition coefficient (Wildman–Crippen LogP) is 5.54. The normalized spacial score (nSPS) is 25.7. The van der Waals surface area contributed by atoms with Gasteiger partial charge in [0.1, 0.15) is 0 Å². The number of amides is 1. The summed E-state index contributed by atoms with van der Waals surface area (Å²) in [5.41, 5.74) is 1.30. The van der Waals surface area contributed by atoms with E-state index in [9.17, 15) is 32.7 Å². The number of fused-ring (bicyclic) bond motifs is 4. The number of esters is 1. The first-order valence-electron chi connectivity index (χ1n) is 20.4. The number of nitrogens with two attached hydrogens (primary N) is 1. The van der Waals surface area contributed by atoms with Crippen molar-refractivity contribution in [1.82, 2.24) is 15.1 Å². The van der Waals surface area contributed by atoms with E-state index in [1.54, 1.807) is 54.6 Å². The van der Waals surface area contributed by atoms with Gasteiger partial charge in [0.05, 0.1) is 28.8 Å². The Hall–Kier alpha value is -4.41. The molecule has 7 atom stereocenters. The number of nitrogens with zero attached hydrogens (tertiary/aromatic N) is 2. The van der Waals surface area contributed by atoms with Gasteiger partial charge in [0.2, 0.25) is 11.8 Å². The maximum atomic E-state index is 15.0. The van der Waals surface area contributed by atoms with Gasteiger partial charge in [0, 0.05) is 47.4 Å². The summed E-state index contributed by atoms with van der Waals surface area (Å²) in [4.78, 5) is 38.5. The van der Waals surface area contributed by atoms with Crippen molar-refractivity contribution in [3.8, 4) is 0 Å². The van der Waals surface area contributed by atoms with E-state index in [1.807, 2.05) is 0 Å². The molecule has 1 amide bonds. The number of rotatable bonds is 9. The van der Waals surface area contributed by atoms with Crippen LogP contribution in [0, 0.1) is 0 Å². The van der Waals surface area contributed by atoms with Crippen LogP contribution < -0.4 is 11.1 Å². The van der Waals surface area contributed by atoms with Crippen LogP contribution in [0.2, 0.25) is 0 Å². The Labute approximate surface area is 345 Å². The molecule has 15 heteroatoms. The molecule has 326 valence electrons. The molecule has 0 saturated carbocycles. The van der Waals surface area contributed by atoms with Crippen LogP contribution in [-0.4, -0.2) is 121 Å². The molecular weight excluding hydrogens is 772 g/mol. The number of carbonyl (C=O) groups excluding carboxylic acids is 2. The van der Waals surface area contributed by atoms with Gasteiger partial charge in [-0.15, -0.1) is 0 Å². The number of aliphatic carboxylic acids is 1. The molecule has 3 aromatic rings. The summed E-state index contributed by atoms with van der Waals surface area (Å²) in [6.07, 6.45) is 7.56. The van der Waals surface area contributed by atoms with Crippen LogP contribution in [0.15, 0.2) is 91.0 Å². The van der Waals surface area contributed by atoms with Gasteiger partial charge in [-0.25, -0.2) is 22.8 Å². The van der Waals surface area contributed by atoms with Crippen LogP contribution in [0.4, 0.5) is 17.6 Å². The number of aliphatic hydroxyl groups is 2. The zero-order valence-electron chi connectivity index (χ0n) is 34.9. The maximum Gasteiger partial charge on any atom is 0.348 e. The number of aliphatic hydroxyl groups excluding tert-OH is 2. The van der Waals surface area contributed by atoms with Crippen LogP contribution >= 0.6 is 0 Å². The Morgan fingerprint density at radius 3 is 1.53 bits per heavy atom. The number of nitrogens with one attached hydrogen (secondary N) is 1. The highest BCUT2D eigenvalue weighted by Gasteiger charge is 2.44. The Morgan fingerprint density at radius 2 is 1.15 bits per heavy atom. The third-order valence-electron chi connectivity index (χ3n) is 11.7. The summed E-state index contributed by atoms with van der Waals surface area (Å²) in [5, 5.41) is 29.5. The fourth-order valence-electron chi connectivity index (χ4n) is 8.13. The lowest BCUT2D eigenvalue weighted by Gasteiger charge is -2.37. The Bertz CT molecular complexity index is 1720. The van der Waals surface area contributed by atoms with Crippen molar-refractivity contribution >= 4 is 17.8 Å². The molecule has 0 aliphatic carbocycles. The standard InChI is InChI=1S/C17H23FN2O2.C9H9FO3.C9H9FO2.C8H16N2.CH3F/c1-20-14-7-8-15(20)10-13(9-14)19-16(22)17(18,11-21)12-5-3-2-4-6-12;10-9(6-11,8(12)13)7-4-2-1-3-5-7;1-12-9(11)8(10)7-5-3-2-4-6-7;1-10-7-2-3-8(10)5-6(9)4-7;1-2/h2-6,13-15,21H,7-11H2,1H3,(H,19,22);1-5,11H,6H2,(H,12,13);2-6,8H,1H3;6-8H,2-5,9H2,1H3;1H3/i;;;;1D. The number of ether oxygens (including phenoxy) is 1. The van der Waals surface area contributed by atoms with Gasteiger partial charge in [-0.2, -0.15) is 0 Å². The van der Waals surface area contributed by atoms with Crippen molar-refractivity contribution < 1.29 is 53.4 Å². The smallest absolute Gasteiger partial charge is 0.348 e. The zero-order valence-corrected chi connectivity index (χ0v) is 33.9. The number of carboxylic acids is 1. The lowest BCUT2D eigenvalue weighted by Crippen LogP contribution is -2.53. The third kappa shape index (κ3) is 12.8. The quantitative estimate of drug-likeness (QED) is 0.137. The minimum Gasteiger partial charge on any atom is -0.479 e. The molecule has 4 aliphatic heterocycles. The summed E-state index contributed by atoms with van der Waals surface area (Å²) in [6.45, 7) is -1.91. The molecular formula is C44H60F4N4O7. The molecule has 7 unspecified atom stereocenters. The van der Waals surface area contributed by atoms with Crippen molar-refractivity contribution in [1.29, 1.82) is 0 Å². The number of piperidine rings is 2. The summed E-state index contributed by atoms with van der Waals surface area (Å²) in [6, 6.07) is 26.7. The second kappa shape index (κ2) is 23.4. The predicted molar refractivity (Wildman–Crippen MR) is 217 cm³/mol. The first-order valence-corrected chi connectivity index (χ1v) is 19.7. The van der Waals surface area contributed by atoms with E-state index < -0.39 is 55.7 Å². The maximum absolute atomic E-state index is 15.0. The average Bonchev–Trinajstić information content (AvgIpc) is 3.58. The van der Waals surface area contributed by atoms with Crippen LogP contribution in [0.1, 0.15) is 75.6 Å². The minimum absolute atomic E-state index is 0.00779. The topological polar surface area (TPSA) is 166 Å². The second-order valence-corrected chi connectivity index (χ2v) is 15.2. The molecule has 4 saturated heterocycles. The summed E-state index contributed by atoms with van der Waals surface area (Å²) in [7, 11) is 4.53. The van der Waals surface area contributed by atoms with Gasteiger partial charge >= 0.3 is 11.9 Å². The van der Waals surface area contributed by atoms with Crippen molar-refractivity contribution in [2.75, 3.05) is 41.6 Å². The minimum atomic E-state index is -2.69. The number of hydrogen-bond acceptors (Lipinski definition) is 9. The second-order valence-electron chi connectivity index (χ2n) is 15.2. The molecule has 0 radical (unpaired) electrons. The largest absolute Gasteiger partial charge is 0.479 e. The molecule has 3 aromatic carbocycles. The number of carboxylic acid groups (broad SMARTS) is 1. The van der Waals surface area contributed by atoms with Gasteiger partial charge in [0.25, 0.3) is 11.6 Å². The Morgan fingerprint density at radius 1 is 0.780 bits per heavy atom. The van der Waals surface area contributed by atoms with Crippen molar-refractivity contribution in [3.05, 3.63) is 108 Å². The average molecular weight is 834 g/mol. The Balaban J connectivity index is 0.000000219. The number of halogens is 4. The number of benzene rings is 3. The molecule has 4 aliphatic rings. The van der Waals surface area contributed by atoms with E-state index in [-0.39, 0.29) is 17.2 Å². The van der Waals surface area contributed by atoms with E-state index >= 15 is 4.39 Å². The van der Waals surface area contributed by atoms with Crippen molar-refractivity contribution in [3.63, 3.8) is 0 Å². The van der Waals surface area contributed by atoms with E-state index in [1.165, 1.54) is 62.1 Å². The fourth-order valence-corrected chi connectivity index (χ4v) is 8.13. The summed E-state index contributed by atoms with van der Waals surface area (Å²) in [5.74, 6) is -3.27. The summed E-state index contributed by atoms with van der Waals surface area (Å²) < 4.78 is 61.3. The van der Waals surface area contributed by atoms with Crippen LogP contribution in [-0.2, 0) is 30.5 Å². The molecule has 0 spiro atoms. The van der Waals surface area contributed by atoms with Gasteiger partial charge in [-0.05, 0) is 71.0 Å². The lowest BCUT2D eigenvalue weighted by molar-refractivity contribution is -0.154. The highest BCUT2D eigenvalue weighted by atomic mass is 19.2. The number of hydrogen-bond donors (Lipinski definition) is 5. The first-order chi connectivity index (χ1) is 28.6. The molecule has 59 heavy (non-hydrogen) atoms. The SMILES string of the molecule is CN1C2CCC1CC(N)C2.CN1C2CCC1CC(NC(=O)C(F)(CO)c1ccccc1)C2.COC(=O)C(F)c1ccccc1.O=C(O)C(F)(CO)c1ccccc1.[2H]CF. The van der Waals surface area contributed by atoms with E-state index in [4.69, 9.17) is 17.3 Å². The highest BCUT2D eigenvalue weighted by molar-refractivity contribution is 5.87. The van der Waals surface area contributed by atoms with Crippen LogP contribution in [0.3, 0.4) is 0 Å². The van der Waals surface area contributed by atoms with E-state index in [0.717, 1.165) is 44.9 Å². The van der Waals surface area contributed by atoms with Crippen LogP contribution in [0.5, 0.6) is 0 Å². The van der Waals surface area contributed by atoms with E-state index in [2.05, 4.69) is 33.9 Å². The lowest BCUT2D eigenvalue weighted by atomic mass is 9.93.